The van der Waals surface area contributed by atoms with E-state index in [1.807, 2.05) is 37.3 Å². The van der Waals surface area contributed by atoms with E-state index in [2.05, 4.69) is 11.2 Å². The maximum Gasteiger partial charge on any atom is 0.0898 e. The molecule has 0 aliphatic carbocycles. The predicted octanol–water partition coefficient (Wildman–Crippen LogP) is 1.35. The summed E-state index contributed by atoms with van der Waals surface area (Å²) in [5.41, 5.74) is 1.11. The van der Waals surface area contributed by atoms with Crippen LogP contribution in [-0.4, -0.2) is 30.9 Å². The highest BCUT2D eigenvalue weighted by molar-refractivity contribution is 5.16. The van der Waals surface area contributed by atoms with E-state index in [0.29, 0.717) is 19.7 Å². The van der Waals surface area contributed by atoms with Crippen molar-refractivity contribution in [2.24, 2.45) is 0 Å². The lowest BCUT2D eigenvalue weighted by Gasteiger charge is -2.16. The highest BCUT2D eigenvalue weighted by Gasteiger charge is 2.08. The molecule has 2 atom stereocenters. The number of aliphatic hydroxyl groups excluding tert-OH is 1. The molecule has 2 unspecified atom stereocenters. The smallest absolute Gasteiger partial charge is 0.0898 e. The van der Waals surface area contributed by atoms with Crippen LogP contribution in [0.25, 0.3) is 0 Å². The molecule has 0 spiro atoms. The zero-order valence-corrected chi connectivity index (χ0v) is 10.1. The number of rotatable bonds is 7. The Morgan fingerprint density at radius 2 is 2.12 bits per heavy atom. The van der Waals surface area contributed by atoms with Crippen molar-refractivity contribution in [2.75, 3.05) is 19.7 Å². The first-order valence-electron chi connectivity index (χ1n) is 5.73. The van der Waals surface area contributed by atoms with Gasteiger partial charge in [-0.05, 0) is 12.5 Å². The molecule has 0 saturated carbocycles. The van der Waals surface area contributed by atoms with Gasteiger partial charge in [-0.25, -0.2) is 0 Å². The average molecular weight is 233 g/mol. The normalized spacial score (nSPS) is 13.9. The number of benzene rings is 1. The summed E-state index contributed by atoms with van der Waals surface area (Å²) in [6, 6.07) is 9.93. The lowest BCUT2D eigenvalue weighted by molar-refractivity contribution is -0.00166. The topological polar surface area (TPSA) is 41.5 Å². The molecule has 17 heavy (non-hydrogen) atoms. The van der Waals surface area contributed by atoms with E-state index < -0.39 is 6.10 Å². The zero-order valence-electron chi connectivity index (χ0n) is 10.1. The number of ether oxygens (including phenoxy) is 1. The van der Waals surface area contributed by atoms with Gasteiger partial charge >= 0.3 is 0 Å². The Balaban J connectivity index is 2.24. The molecule has 0 amide bonds. The Morgan fingerprint density at radius 1 is 1.41 bits per heavy atom. The number of hydrogen-bond donors (Lipinski definition) is 2. The Morgan fingerprint density at radius 3 is 2.76 bits per heavy atom. The Bertz CT molecular complexity index is 345. The lowest BCUT2D eigenvalue weighted by Crippen LogP contribution is -2.30. The molecule has 2 N–H and O–H groups in total. The van der Waals surface area contributed by atoms with Gasteiger partial charge in [0.2, 0.25) is 0 Å². The van der Waals surface area contributed by atoms with Gasteiger partial charge in [0.1, 0.15) is 0 Å². The average Bonchev–Trinajstić information content (AvgIpc) is 2.37. The summed E-state index contributed by atoms with van der Waals surface area (Å²) >= 11 is 0. The fraction of sp³-hybridized carbons (Fsp3) is 0.429. The van der Waals surface area contributed by atoms with Gasteiger partial charge in [0, 0.05) is 6.54 Å². The first kappa shape index (κ1) is 13.7. The quantitative estimate of drug-likeness (QED) is 0.552. The molecule has 1 rings (SSSR count). The molecule has 0 aliphatic heterocycles. The van der Waals surface area contributed by atoms with Gasteiger partial charge in [-0.1, -0.05) is 36.3 Å². The molecular weight excluding hydrogens is 214 g/mol. The van der Waals surface area contributed by atoms with Crippen LogP contribution >= 0.6 is 0 Å². The van der Waals surface area contributed by atoms with Crippen molar-refractivity contribution in [3.63, 3.8) is 0 Å². The van der Waals surface area contributed by atoms with E-state index in [9.17, 15) is 5.11 Å². The van der Waals surface area contributed by atoms with Crippen molar-refractivity contribution >= 4 is 0 Å². The van der Waals surface area contributed by atoms with E-state index in [4.69, 9.17) is 11.2 Å². The largest absolute Gasteiger partial charge is 0.389 e. The van der Waals surface area contributed by atoms with E-state index in [1.54, 1.807) is 0 Å². The Labute approximate surface area is 103 Å². The van der Waals surface area contributed by atoms with Crippen LogP contribution in [-0.2, 0) is 4.74 Å². The molecular formula is C14H19NO2. The molecule has 92 valence electrons. The molecule has 0 saturated heterocycles. The molecule has 1 aromatic carbocycles. The van der Waals surface area contributed by atoms with Crippen molar-refractivity contribution in [1.82, 2.24) is 5.32 Å². The van der Waals surface area contributed by atoms with E-state index in [0.717, 1.165) is 5.56 Å². The van der Waals surface area contributed by atoms with Crippen LogP contribution in [0.1, 0.15) is 18.6 Å². The summed E-state index contributed by atoms with van der Waals surface area (Å²) in [6.07, 6.45) is 4.54. The van der Waals surface area contributed by atoms with Crippen LogP contribution in [0, 0.1) is 12.3 Å². The fourth-order valence-electron chi connectivity index (χ4n) is 1.45. The second kappa shape index (κ2) is 7.86. The summed E-state index contributed by atoms with van der Waals surface area (Å²) in [6.45, 7) is 3.18. The van der Waals surface area contributed by atoms with Gasteiger partial charge in [-0.3, -0.25) is 0 Å². The summed E-state index contributed by atoms with van der Waals surface area (Å²) in [4.78, 5) is 0. The molecule has 0 heterocycles. The van der Waals surface area contributed by atoms with Crippen LogP contribution in [0.2, 0.25) is 0 Å². The number of nitrogens with one attached hydrogen (secondary N) is 1. The molecule has 3 heteroatoms. The first-order valence-corrected chi connectivity index (χ1v) is 5.73. The van der Waals surface area contributed by atoms with Crippen molar-refractivity contribution in [3.05, 3.63) is 35.9 Å². The molecule has 0 fully saturated rings. The van der Waals surface area contributed by atoms with Gasteiger partial charge in [0.05, 0.1) is 25.4 Å². The van der Waals surface area contributed by atoms with Crippen molar-refractivity contribution < 1.29 is 9.84 Å². The third kappa shape index (κ3) is 5.50. The number of hydrogen-bond acceptors (Lipinski definition) is 3. The Hall–Kier alpha value is -1.34. The van der Waals surface area contributed by atoms with Crippen molar-refractivity contribution in [3.8, 4) is 12.3 Å². The number of aliphatic hydroxyl groups is 1. The minimum absolute atomic E-state index is 0.0153. The molecule has 0 bridgehead atoms. The number of terminal acetylenes is 1. The molecule has 0 radical (unpaired) electrons. The van der Waals surface area contributed by atoms with Crippen LogP contribution in [0.4, 0.5) is 0 Å². The minimum Gasteiger partial charge on any atom is -0.389 e. The standard InChI is InChI=1S/C14H19NO2/c1-3-9-15-10-14(16)11-17-12(2)13-7-5-4-6-8-13/h1,4-8,12,14-16H,9-11H2,2H3. The maximum absolute atomic E-state index is 9.62. The van der Waals surface area contributed by atoms with Crippen LogP contribution < -0.4 is 5.32 Å². The third-order valence-corrected chi connectivity index (χ3v) is 2.41. The molecule has 0 aromatic heterocycles. The highest BCUT2D eigenvalue weighted by Crippen LogP contribution is 2.15. The second-order valence-electron chi connectivity index (χ2n) is 3.88. The molecule has 3 nitrogen and oxygen atoms in total. The zero-order chi connectivity index (χ0) is 12.5. The van der Waals surface area contributed by atoms with Gasteiger partial charge in [-0.2, -0.15) is 0 Å². The first-order chi connectivity index (χ1) is 8.24. The highest BCUT2D eigenvalue weighted by atomic mass is 16.5. The second-order valence-corrected chi connectivity index (χ2v) is 3.88. The van der Waals surface area contributed by atoms with Gasteiger partial charge in [0.25, 0.3) is 0 Å². The maximum atomic E-state index is 9.62. The lowest BCUT2D eigenvalue weighted by atomic mass is 10.1. The van der Waals surface area contributed by atoms with Crippen molar-refractivity contribution in [2.45, 2.75) is 19.1 Å². The summed E-state index contributed by atoms with van der Waals surface area (Å²) < 4.78 is 5.58. The van der Waals surface area contributed by atoms with Crippen LogP contribution in [0.5, 0.6) is 0 Å². The monoisotopic (exact) mass is 233 g/mol. The Kier molecular flexibility index (Phi) is 6.34. The third-order valence-electron chi connectivity index (χ3n) is 2.41. The van der Waals surface area contributed by atoms with Gasteiger partial charge < -0.3 is 15.2 Å². The van der Waals surface area contributed by atoms with Gasteiger partial charge in [-0.15, -0.1) is 6.42 Å². The minimum atomic E-state index is -0.533. The van der Waals surface area contributed by atoms with E-state index in [-0.39, 0.29) is 6.10 Å². The predicted molar refractivity (Wildman–Crippen MR) is 68.5 cm³/mol. The van der Waals surface area contributed by atoms with Crippen LogP contribution in [0.15, 0.2) is 30.3 Å². The molecule has 0 aliphatic rings. The summed E-state index contributed by atoms with van der Waals surface area (Å²) in [7, 11) is 0. The SMILES string of the molecule is C#CCNCC(O)COC(C)c1ccccc1. The molecule has 1 aromatic rings. The summed E-state index contributed by atoms with van der Waals surface area (Å²) in [5, 5.41) is 12.5. The van der Waals surface area contributed by atoms with E-state index in [1.165, 1.54) is 0 Å². The fourth-order valence-corrected chi connectivity index (χ4v) is 1.45. The van der Waals surface area contributed by atoms with Crippen LogP contribution in [0.3, 0.4) is 0 Å². The van der Waals surface area contributed by atoms with Gasteiger partial charge in [0.15, 0.2) is 0 Å². The summed E-state index contributed by atoms with van der Waals surface area (Å²) in [5.74, 6) is 2.45. The van der Waals surface area contributed by atoms with E-state index >= 15 is 0 Å². The van der Waals surface area contributed by atoms with Crippen molar-refractivity contribution in [1.29, 1.82) is 0 Å².